The molecule has 0 aromatic carbocycles. The van der Waals surface area contributed by atoms with Gasteiger partial charge in [0.2, 0.25) is 0 Å². The number of aliphatic hydroxyl groups excluding tert-OH is 1. The van der Waals surface area contributed by atoms with Crippen LogP contribution in [0.4, 0.5) is 0 Å². The zero-order valence-corrected chi connectivity index (χ0v) is 9.85. The minimum absolute atomic E-state index is 0.175. The molecule has 1 atom stereocenters. The fourth-order valence-electron chi connectivity index (χ4n) is 1.11. The Hall–Kier alpha value is -0.880. The number of allylic oxidation sites excluding steroid dienone is 1. The average Bonchev–Trinajstić information content (AvgIpc) is 2.67. The van der Waals surface area contributed by atoms with Crippen LogP contribution in [0.25, 0.3) is 0 Å². The smallest absolute Gasteiger partial charge is 0.325 e. The summed E-state index contributed by atoms with van der Waals surface area (Å²) < 4.78 is 10.5. The highest BCUT2D eigenvalue weighted by molar-refractivity contribution is 7.51. The van der Waals surface area contributed by atoms with Crippen molar-refractivity contribution >= 4 is 13.9 Å². The van der Waals surface area contributed by atoms with E-state index in [1.54, 1.807) is 6.08 Å². The first-order chi connectivity index (χ1) is 7.51. The van der Waals surface area contributed by atoms with Crippen molar-refractivity contribution in [3.05, 3.63) is 11.9 Å². The molecule has 0 amide bonds. The normalized spacial score (nSPS) is 21.8. The summed E-state index contributed by atoms with van der Waals surface area (Å²) in [6.45, 7) is 0.519. The van der Waals surface area contributed by atoms with Crippen molar-refractivity contribution in [1.82, 2.24) is 10.6 Å². The fraction of sp³-hybridized carbons (Fsp3) is 0.625. The molecule has 1 fully saturated rings. The number of carbonyl (C=O) groups excluding carboxylic acids is 1. The lowest BCUT2D eigenvalue weighted by Gasteiger charge is -2.02. The number of hydrogen-bond acceptors (Lipinski definition) is 5. The lowest BCUT2D eigenvalue weighted by Crippen LogP contribution is -2.23. The van der Waals surface area contributed by atoms with Gasteiger partial charge in [-0.3, -0.25) is 4.57 Å². The molecule has 7 nitrogen and oxygen atoms in total. The SMILES string of the molecule is CO.O=CC1CNC(=CCCP(=O)(O)O)N1. The molecule has 1 unspecified atom stereocenters. The van der Waals surface area contributed by atoms with Crippen LogP contribution in [0.5, 0.6) is 0 Å². The molecule has 0 aliphatic carbocycles. The lowest BCUT2D eigenvalue weighted by molar-refractivity contribution is -0.108. The maximum Gasteiger partial charge on any atom is 0.325 e. The van der Waals surface area contributed by atoms with Crippen LogP contribution in [-0.2, 0) is 9.36 Å². The third kappa shape index (κ3) is 6.58. The van der Waals surface area contributed by atoms with Crippen LogP contribution >= 0.6 is 7.60 Å². The Labute approximate surface area is 93.7 Å². The summed E-state index contributed by atoms with van der Waals surface area (Å²) in [5.41, 5.74) is 0. The van der Waals surface area contributed by atoms with Gasteiger partial charge in [-0.1, -0.05) is 0 Å². The summed E-state index contributed by atoms with van der Waals surface area (Å²) >= 11 is 0. The topological polar surface area (TPSA) is 119 Å². The average molecular weight is 252 g/mol. The van der Waals surface area contributed by atoms with E-state index in [1.165, 1.54) is 0 Å². The molecular weight excluding hydrogens is 235 g/mol. The Morgan fingerprint density at radius 1 is 1.50 bits per heavy atom. The van der Waals surface area contributed by atoms with E-state index >= 15 is 0 Å². The molecule has 0 bridgehead atoms. The molecule has 0 saturated carbocycles. The zero-order valence-electron chi connectivity index (χ0n) is 8.96. The van der Waals surface area contributed by atoms with E-state index < -0.39 is 7.60 Å². The monoisotopic (exact) mass is 252 g/mol. The van der Waals surface area contributed by atoms with Crippen LogP contribution in [0.1, 0.15) is 6.42 Å². The van der Waals surface area contributed by atoms with Gasteiger partial charge in [-0.15, -0.1) is 0 Å². The summed E-state index contributed by atoms with van der Waals surface area (Å²) in [6, 6.07) is -0.240. The van der Waals surface area contributed by atoms with Gasteiger partial charge in [-0.05, 0) is 12.5 Å². The molecule has 0 spiro atoms. The van der Waals surface area contributed by atoms with Gasteiger partial charge in [0, 0.05) is 13.7 Å². The van der Waals surface area contributed by atoms with Crippen LogP contribution in [-0.4, -0.2) is 47.0 Å². The van der Waals surface area contributed by atoms with Crippen molar-refractivity contribution < 1.29 is 24.3 Å². The van der Waals surface area contributed by atoms with Crippen LogP contribution in [0, 0.1) is 0 Å². The highest BCUT2D eigenvalue weighted by atomic mass is 31.2. The predicted octanol–water partition coefficient (Wildman–Crippen LogP) is -1.24. The molecule has 1 aliphatic heterocycles. The van der Waals surface area contributed by atoms with Crippen LogP contribution in [0.15, 0.2) is 11.9 Å². The first kappa shape index (κ1) is 15.1. The maximum absolute atomic E-state index is 10.5. The first-order valence-electron chi connectivity index (χ1n) is 4.66. The predicted molar refractivity (Wildman–Crippen MR) is 58.7 cm³/mol. The van der Waals surface area contributed by atoms with E-state index in [-0.39, 0.29) is 18.6 Å². The molecule has 0 radical (unpaired) electrons. The van der Waals surface area contributed by atoms with Crippen molar-refractivity contribution in [2.45, 2.75) is 12.5 Å². The Kier molecular flexibility index (Phi) is 7.00. The molecule has 1 aliphatic rings. The third-order valence-corrected chi connectivity index (χ3v) is 2.63. The van der Waals surface area contributed by atoms with E-state index in [0.29, 0.717) is 12.4 Å². The Balaban J connectivity index is 0.00000106. The molecule has 8 heteroatoms. The standard InChI is InChI=1S/C7H13N2O4P.CH4O/c10-5-6-4-8-7(9-6)2-1-3-14(11,12)13;1-2/h2,5-6,8-9H,1,3-4H2,(H2,11,12,13);2H,1H3. The molecule has 1 heterocycles. The summed E-state index contributed by atoms with van der Waals surface area (Å²) in [7, 11) is -2.91. The highest BCUT2D eigenvalue weighted by Gasteiger charge is 2.16. The van der Waals surface area contributed by atoms with Gasteiger partial charge in [0.05, 0.1) is 12.0 Å². The van der Waals surface area contributed by atoms with Crippen LogP contribution < -0.4 is 10.6 Å². The molecule has 94 valence electrons. The van der Waals surface area contributed by atoms with E-state index in [2.05, 4.69) is 10.6 Å². The molecule has 1 saturated heterocycles. The molecule has 16 heavy (non-hydrogen) atoms. The third-order valence-electron chi connectivity index (χ3n) is 1.79. The molecule has 1 rings (SSSR count). The van der Waals surface area contributed by atoms with Gasteiger partial charge >= 0.3 is 7.60 Å². The van der Waals surface area contributed by atoms with Gasteiger partial charge in [0.25, 0.3) is 0 Å². The fourth-order valence-corrected chi connectivity index (χ4v) is 1.58. The van der Waals surface area contributed by atoms with E-state index in [0.717, 1.165) is 13.4 Å². The van der Waals surface area contributed by atoms with Gasteiger partial charge in [-0.25, -0.2) is 0 Å². The number of hydrogen-bond donors (Lipinski definition) is 5. The second-order valence-corrected chi connectivity index (χ2v) is 4.84. The van der Waals surface area contributed by atoms with Crippen molar-refractivity contribution in [1.29, 1.82) is 0 Å². The summed E-state index contributed by atoms with van der Waals surface area (Å²) in [5.74, 6) is 0.663. The minimum atomic E-state index is -3.91. The van der Waals surface area contributed by atoms with Crippen LogP contribution in [0.2, 0.25) is 0 Å². The molecular formula is C8H17N2O5P. The minimum Gasteiger partial charge on any atom is -0.400 e. The van der Waals surface area contributed by atoms with Crippen molar-refractivity contribution in [3.8, 4) is 0 Å². The van der Waals surface area contributed by atoms with Gasteiger partial charge < -0.3 is 30.3 Å². The quantitative estimate of drug-likeness (QED) is 0.314. The van der Waals surface area contributed by atoms with Gasteiger partial charge in [-0.2, -0.15) is 0 Å². The number of nitrogens with one attached hydrogen (secondary N) is 2. The van der Waals surface area contributed by atoms with E-state index in [9.17, 15) is 9.36 Å². The number of rotatable bonds is 4. The second-order valence-electron chi connectivity index (χ2n) is 3.06. The van der Waals surface area contributed by atoms with Gasteiger partial charge in [0.15, 0.2) is 0 Å². The molecule has 0 aromatic heterocycles. The van der Waals surface area contributed by atoms with Crippen molar-refractivity contribution in [3.63, 3.8) is 0 Å². The Morgan fingerprint density at radius 2 is 2.12 bits per heavy atom. The number of carbonyl (C=O) groups is 1. The Bertz CT molecular complexity index is 288. The van der Waals surface area contributed by atoms with Crippen molar-refractivity contribution in [2.24, 2.45) is 0 Å². The van der Waals surface area contributed by atoms with E-state index in [4.69, 9.17) is 14.9 Å². The lowest BCUT2D eigenvalue weighted by atomic mass is 10.4. The second kappa shape index (κ2) is 7.40. The summed E-state index contributed by atoms with van der Waals surface area (Å²) in [4.78, 5) is 27.5. The molecule has 0 aromatic rings. The first-order valence-corrected chi connectivity index (χ1v) is 6.46. The number of aldehydes is 1. The van der Waals surface area contributed by atoms with Crippen molar-refractivity contribution in [2.75, 3.05) is 19.8 Å². The zero-order chi connectivity index (χ0) is 12.6. The Morgan fingerprint density at radius 3 is 2.56 bits per heavy atom. The van der Waals surface area contributed by atoms with E-state index in [1.807, 2.05) is 0 Å². The summed E-state index contributed by atoms with van der Waals surface area (Å²) in [5, 5.41) is 12.8. The maximum atomic E-state index is 10.5. The molecule has 5 N–H and O–H groups in total. The highest BCUT2D eigenvalue weighted by Crippen LogP contribution is 2.34. The number of aliphatic hydroxyl groups is 1. The van der Waals surface area contributed by atoms with Crippen LogP contribution in [0.3, 0.4) is 0 Å². The van der Waals surface area contributed by atoms with Gasteiger partial charge in [0.1, 0.15) is 12.3 Å². The largest absolute Gasteiger partial charge is 0.400 e. The summed E-state index contributed by atoms with van der Waals surface area (Å²) in [6.07, 6.45) is 2.54.